The highest BCUT2D eigenvalue weighted by atomic mass is 19.1. The van der Waals surface area contributed by atoms with E-state index in [-0.39, 0.29) is 5.73 Å². The van der Waals surface area contributed by atoms with E-state index in [0.29, 0.717) is 0 Å². The lowest BCUT2D eigenvalue weighted by atomic mass is 9.81. The summed E-state index contributed by atoms with van der Waals surface area (Å²) in [5.41, 5.74) is 1.72. The first-order chi connectivity index (χ1) is 10.3. The van der Waals surface area contributed by atoms with E-state index < -0.39 is 18.3 Å². The van der Waals surface area contributed by atoms with Crippen molar-refractivity contribution in [3.8, 4) is 0 Å². The van der Waals surface area contributed by atoms with Gasteiger partial charge in [-0.15, -0.1) is 0 Å². The smallest absolute Gasteiger partial charge is 0.398 e. The molecule has 1 aromatic rings. The molecule has 0 amide bonds. The fourth-order valence-electron chi connectivity index (χ4n) is 3.12. The van der Waals surface area contributed by atoms with E-state index in [9.17, 15) is 0 Å². The van der Waals surface area contributed by atoms with E-state index in [4.69, 9.17) is 9.31 Å². The second-order valence-corrected chi connectivity index (χ2v) is 7.28. The van der Waals surface area contributed by atoms with Crippen LogP contribution >= 0.6 is 0 Å². The molecule has 2 aliphatic rings. The topological polar surface area (TPSA) is 18.5 Å². The van der Waals surface area contributed by atoms with Crippen molar-refractivity contribution in [3.05, 3.63) is 41.1 Å². The Bertz CT molecular complexity index is 591. The lowest BCUT2D eigenvalue weighted by Crippen LogP contribution is -2.41. The number of hydrogen-bond acceptors (Lipinski definition) is 2. The predicted molar refractivity (Wildman–Crippen MR) is 88.1 cm³/mol. The Morgan fingerprint density at radius 1 is 1.00 bits per heavy atom. The van der Waals surface area contributed by atoms with Gasteiger partial charge in [0.1, 0.15) is 5.73 Å². The Hall–Kier alpha value is -1.13. The van der Waals surface area contributed by atoms with Gasteiger partial charge < -0.3 is 9.31 Å². The zero-order chi connectivity index (χ0) is 16.0. The molecule has 0 N–H and O–H groups in total. The summed E-state index contributed by atoms with van der Waals surface area (Å²) in [6.07, 6.45) is 3.84. The SMILES string of the molecule is CC1(C)OB(C(F)=C2CCCCc3ccccc32)OC1(C)C. The van der Waals surface area contributed by atoms with Crippen LogP contribution in [0.15, 0.2) is 30.0 Å². The van der Waals surface area contributed by atoms with Gasteiger partial charge >= 0.3 is 7.12 Å². The quantitative estimate of drug-likeness (QED) is 0.552. The standard InChI is InChI=1S/C18H24BFO2/c1-17(2)18(3,4)22-19(21-17)16(20)15-12-8-6-10-13-9-5-7-11-14(13)15/h5,7,9,11H,6,8,10,12H2,1-4H3. The van der Waals surface area contributed by atoms with Crippen LogP contribution in [-0.2, 0) is 15.7 Å². The fourth-order valence-corrected chi connectivity index (χ4v) is 3.12. The average Bonchev–Trinajstić information content (AvgIpc) is 2.62. The molecule has 0 radical (unpaired) electrons. The zero-order valence-electron chi connectivity index (χ0n) is 13.9. The highest BCUT2D eigenvalue weighted by Crippen LogP contribution is 2.41. The molecule has 0 unspecified atom stereocenters. The molecule has 1 fully saturated rings. The molecule has 4 heteroatoms. The van der Waals surface area contributed by atoms with Gasteiger partial charge in [0, 0.05) is 0 Å². The van der Waals surface area contributed by atoms with E-state index in [1.165, 1.54) is 5.56 Å². The normalized spacial score (nSPS) is 25.6. The van der Waals surface area contributed by atoms with Crippen molar-refractivity contribution in [1.82, 2.24) is 0 Å². The summed E-state index contributed by atoms with van der Waals surface area (Å²) in [5, 5.41) is 0. The van der Waals surface area contributed by atoms with Gasteiger partial charge in [-0.1, -0.05) is 24.3 Å². The summed E-state index contributed by atoms with van der Waals surface area (Å²) in [5.74, 6) is 0. The predicted octanol–water partition coefficient (Wildman–Crippen LogP) is 4.73. The van der Waals surface area contributed by atoms with Gasteiger partial charge in [0.05, 0.1) is 11.2 Å². The molecule has 2 nitrogen and oxygen atoms in total. The van der Waals surface area contributed by atoms with Crippen LogP contribution in [0, 0.1) is 0 Å². The summed E-state index contributed by atoms with van der Waals surface area (Å²) < 4.78 is 26.9. The maximum absolute atomic E-state index is 15.2. The van der Waals surface area contributed by atoms with Crippen molar-refractivity contribution in [2.24, 2.45) is 0 Å². The molecule has 0 bridgehead atoms. The fraction of sp³-hybridized carbons (Fsp3) is 0.556. The minimum absolute atomic E-state index is 0.256. The third-order valence-electron chi connectivity index (χ3n) is 5.21. The molecule has 1 aromatic carbocycles. The molecular weight excluding hydrogens is 278 g/mol. The Balaban J connectivity index is 2.00. The monoisotopic (exact) mass is 302 g/mol. The molecule has 1 heterocycles. The molecule has 0 atom stereocenters. The van der Waals surface area contributed by atoms with Crippen LogP contribution in [0.25, 0.3) is 5.57 Å². The lowest BCUT2D eigenvalue weighted by Gasteiger charge is -2.32. The first-order valence-corrected chi connectivity index (χ1v) is 8.14. The minimum atomic E-state index is -0.897. The van der Waals surface area contributed by atoms with Crippen LogP contribution in [0.5, 0.6) is 0 Å². The van der Waals surface area contributed by atoms with Crippen molar-refractivity contribution < 1.29 is 13.7 Å². The minimum Gasteiger partial charge on any atom is -0.398 e. The Morgan fingerprint density at radius 3 is 2.27 bits per heavy atom. The van der Waals surface area contributed by atoms with E-state index in [2.05, 4.69) is 6.07 Å². The highest BCUT2D eigenvalue weighted by Gasteiger charge is 2.53. The third kappa shape index (κ3) is 2.63. The molecule has 1 aliphatic heterocycles. The first kappa shape index (κ1) is 15.8. The van der Waals surface area contributed by atoms with E-state index in [1.54, 1.807) is 0 Å². The number of aryl methyl sites for hydroxylation is 1. The lowest BCUT2D eigenvalue weighted by molar-refractivity contribution is 0.00578. The average molecular weight is 302 g/mol. The molecule has 3 rings (SSSR count). The largest absolute Gasteiger partial charge is 0.525 e. The summed E-state index contributed by atoms with van der Waals surface area (Å²) in [4.78, 5) is 0. The third-order valence-corrected chi connectivity index (χ3v) is 5.21. The molecule has 0 spiro atoms. The van der Waals surface area contributed by atoms with Crippen LogP contribution in [0.3, 0.4) is 0 Å². The zero-order valence-corrected chi connectivity index (χ0v) is 13.9. The van der Waals surface area contributed by atoms with Crippen molar-refractivity contribution >= 4 is 12.7 Å². The van der Waals surface area contributed by atoms with Crippen molar-refractivity contribution in [2.45, 2.75) is 64.6 Å². The molecular formula is C18H24BFO2. The van der Waals surface area contributed by atoms with E-state index in [0.717, 1.165) is 36.8 Å². The van der Waals surface area contributed by atoms with Gasteiger partial charge in [-0.3, -0.25) is 0 Å². The molecule has 118 valence electrons. The first-order valence-electron chi connectivity index (χ1n) is 8.14. The van der Waals surface area contributed by atoms with Gasteiger partial charge in [0.25, 0.3) is 0 Å². The molecule has 1 aliphatic carbocycles. The summed E-state index contributed by atoms with van der Waals surface area (Å²) >= 11 is 0. The van der Waals surface area contributed by atoms with Gasteiger partial charge in [-0.25, -0.2) is 4.39 Å². The van der Waals surface area contributed by atoms with Crippen molar-refractivity contribution in [2.75, 3.05) is 0 Å². The molecule has 1 saturated heterocycles. The maximum Gasteiger partial charge on any atom is 0.525 e. The van der Waals surface area contributed by atoms with Gasteiger partial charge in [0.15, 0.2) is 0 Å². The van der Waals surface area contributed by atoms with Gasteiger partial charge in [0.2, 0.25) is 0 Å². The Morgan fingerprint density at radius 2 is 1.59 bits per heavy atom. The summed E-state index contributed by atoms with van der Waals surface area (Å²) in [6, 6.07) is 8.11. The number of hydrogen-bond donors (Lipinski definition) is 0. The maximum atomic E-state index is 15.2. The molecule has 0 aromatic heterocycles. The van der Waals surface area contributed by atoms with Crippen molar-refractivity contribution in [1.29, 1.82) is 0 Å². The van der Waals surface area contributed by atoms with Crippen LogP contribution in [0.1, 0.15) is 58.1 Å². The highest BCUT2D eigenvalue weighted by molar-refractivity contribution is 6.55. The number of allylic oxidation sites excluding steroid dienone is 1. The van der Waals surface area contributed by atoms with E-state index in [1.807, 2.05) is 45.9 Å². The number of fused-ring (bicyclic) bond motifs is 1. The van der Waals surface area contributed by atoms with Gasteiger partial charge in [-0.2, -0.15) is 0 Å². The molecule has 0 saturated carbocycles. The Labute approximate surface area is 132 Å². The van der Waals surface area contributed by atoms with Crippen molar-refractivity contribution in [3.63, 3.8) is 0 Å². The van der Waals surface area contributed by atoms with Crippen LogP contribution in [-0.4, -0.2) is 18.3 Å². The number of halogens is 1. The summed E-state index contributed by atoms with van der Waals surface area (Å²) in [7, 11) is -0.897. The Kier molecular flexibility index (Phi) is 3.94. The summed E-state index contributed by atoms with van der Waals surface area (Å²) in [6.45, 7) is 7.80. The van der Waals surface area contributed by atoms with Crippen LogP contribution < -0.4 is 0 Å². The second kappa shape index (κ2) is 5.50. The van der Waals surface area contributed by atoms with E-state index >= 15 is 4.39 Å². The number of benzene rings is 1. The van der Waals surface area contributed by atoms with Crippen LogP contribution in [0.2, 0.25) is 0 Å². The molecule has 22 heavy (non-hydrogen) atoms. The van der Waals surface area contributed by atoms with Gasteiger partial charge in [-0.05, 0) is 70.1 Å². The number of rotatable bonds is 1. The second-order valence-electron chi connectivity index (χ2n) is 7.28. The van der Waals surface area contributed by atoms with Crippen LogP contribution in [0.4, 0.5) is 4.39 Å².